The van der Waals surface area contributed by atoms with Crippen LogP contribution in [-0.4, -0.2) is 27.4 Å². The molecule has 0 radical (unpaired) electrons. The van der Waals surface area contributed by atoms with Gasteiger partial charge in [-0.1, -0.05) is 20.8 Å². The molecule has 2 aromatic rings. The number of carbonyl (C=O) groups is 1. The Morgan fingerprint density at radius 3 is 2.65 bits per heavy atom. The number of pyridine rings is 1. The first kappa shape index (κ1) is 18.7. The lowest BCUT2D eigenvalue weighted by molar-refractivity contribution is -0.124. The van der Waals surface area contributed by atoms with Crippen molar-refractivity contribution in [3.8, 4) is 0 Å². The zero-order valence-corrected chi connectivity index (χ0v) is 16.6. The zero-order chi connectivity index (χ0) is 19.1. The van der Waals surface area contributed by atoms with Crippen LogP contribution in [0.2, 0.25) is 0 Å². The van der Waals surface area contributed by atoms with E-state index >= 15 is 0 Å². The van der Waals surface area contributed by atoms with Gasteiger partial charge in [-0.05, 0) is 54.8 Å². The Hall–Kier alpha value is -2.05. The van der Waals surface area contributed by atoms with E-state index in [0.717, 1.165) is 22.4 Å². The molecular formula is C20H25N3O2S. The second-order valence-corrected chi connectivity index (χ2v) is 8.17. The molecule has 6 heteroatoms. The summed E-state index contributed by atoms with van der Waals surface area (Å²) in [5.74, 6) is 0.372. The molecule has 2 N–H and O–H groups in total. The largest absolute Gasteiger partial charge is 0.383 e. The maximum Gasteiger partial charge on any atom is 0.253 e. The molecule has 0 fully saturated rings. The fraction of sp³-hybridized carbons (Fsp3) is 0.450. The monoisotopic (exact) mass is 371 g/mol. The summed E-state index contributed by atoms with van der Waals surface area (Å²) in [6.07, 6.45) is 1.81. The van der Waals surface area contributed by atoms with E-state index < -0.39 is 11.6 Å². The number of nitrogens with one attached hydrogen (secondary N) is 1. The van der Waals surface area contributed by atoms with Gasteiger partial charge in [0.05, 0.1) is 0 Å². The van der Waals surface area contributed by atoms with Gasteiger partial charge in [-0.2, -0.15) is 0 Å². The average Bonchev–Trinajstić information content (AvgIpc) is 3.18. The third-order valence-electron chi connectivity index (χ3n) is 5.21. The molecule has 0 spiro atoms. The Kier molecular flexibility index (Phi) is 4.99. The Morgan fingerprint density at radius 2 is 2.12 bits per heavy atom. The van der Waals surface area contributed by atoms with E-state index in [-0.39, 0.29) is 11.8 Å². The van der Waals surface area contributed by atoms with Gasteiger partial charge in [-0.25, -0.2) is 4.99 Å². The van der Waals surface area contributed by atoms with Gasteiger partial charge in [0, 0.05) is 16.6 Å². The Labute approximate surface area is 158 Å². The van der Waals surface area contributed by atoms with Gasteiger partial charge < -0.3 is 10.4 Å². The highest BCUT2D eigenvalue weighted by Crippen LogP contribution is 2.33. The first-order valence-corrected chi connectivity index (χ1v) is 9.78. The van der Waals surface area contributed by atoms with Gasteiger partial charge in [-0.15, -0.1) is 11.3 Å². The predicted octanol–water partition coefficient (Wildman–Crippen LogP) is 3.39. The Bertz CT molecular complexity index is 872. The molecule has 26 heavy (non-hydrogen) atoms. The third-order valence-corrected chi connectivity index (χ3v) is 6.28. The van der Waals surface area contributed by atoms with Gasteiger partial charge in [0.1, 0.15) is 17.3 Å². The second-order valence-electron chi connectivity index (χ2n) is 7.22. The van der Waals surface area contributed by atoms with Crippen molar-refractivity contribution in [2.75, 3.05) is 0 Å². The van der Waals surface area contributed by atoms with Gasteiger partial charge >= 0.3 is 0 Å². The summed E-state index contributed by atoms with van der Waals surface area (Å²) in [7, 11) is 0. The zero-order valence-electron chi connectivity index (χ0n) is 15.8. The van der Waals surface area contributed by atoms with Crippen molar-refractivity contribution >= 4 is 23.1 Å². The molecule has 0 aliphatic carbocycles. The van der Waals surface area contributed by atoms with Gasteiger partial charge in [-0.3, -0.25) is 9.78 Å². The number of hydrogen-bond acceptors (Lipinski definition) is 5. The fourth-order valence-corrected chi connectivity index (χ4v) is 3.91. The first-order chi connectivity index (χ1) is 12.3. The number of aliphatic hydroxyl groups is 1. The lowest BCUT2D eigenvalue weighted by Gasteiger charge is -2.21. The number of amidine groups is 1. The molecule has 1 aliphatic heterocycles. The predicted molar refractivity (Wildman–Crippen MR) is 105 cm³/mol. The van der Waals surface area contributed by atoms with E-state index in [4.69, 9.17) is 0 Å². The van der Waals surface area contributed by atoms with Crippen molar-refractivity contribution in [1.82, 2.24) is 10.3 Å². The van der Waals surface area contributed by atoms with Crippen molar-refractivity contribution in [2.45, 2.75) is 52.7 Å². The SMILES string of the molecule is CCc1cnc(C2=NC(C)(C(C)C)C(=O)N2)c(C(O)c2sccc2C)c1. The van der Waals surface area contributed by atoms with Crippen molar-refractivity contribution in [3.05, 3.63) is 51.0 Å². The van der Waals surface area contributed by atoms with Gasteiger partial charge in [0.2, 0.25) is 0 Å². The molecular weight excluding hydrogens is 346 g/mol. The van der Waals surface area contributed by atoms with Crippen LogP contribution >= 0.6 is 11.3 Å². The molecule has 3 heterocycles. The van der Waals surface area contributed by atoms with Crippen LogP contribution in [0.3, 0.4) is 0 Å². The highest BCUT2D eigenvalue weighted by Gasteiger charge is 2.43. The van der Waals surface area contributed by atoms with E-state index in [1.165, 1.54) is 11.3 Å². The van der Waals surface area contributed by atoms with Crippen LogP contribution in [-0.2, 0) is 11.2 Å². The molecule has 1 aliphatic rings. The summed E-state index contributed by atoms with van der Waals surface area (Å²) in [6.45, 7) is 9.82. The molecule has 0 saturated carbocycles. The van der Waals surface area contributed by atoms with Crippen LogP contribution < -0.4 is 5.32 Å². The van der Waals surface area contributed by atoms with Crippen LogP contribution in [0.15, 0.2) is 28.7 Å². The molecule has 3 rings (SSSR count). The van der Waals surface area contributed by atoms with Crippen LogP contribution in [0.25, 0.3) is 0 Å². The van der Waals surface area contributed by atoms with E-state index in [0.29, 0.717) is 17.1 Å². The van der Waals surface area contributed by atoms with E-state index in [1.807, 2.05) is 52.1 Å². The van der Waals surface area contributed by atoms with Crippen LogP contribution in [0.5, 0.6) is 0 Å². The molecule has 0 saturated heterocycles. The first-order valence-electron chi connectivity index (χ1n) is 8.90. The average molecular weight is 372 g/mol. The second kappa shape index (κ2) is 6.93. The maximum absolute atomic E-state index is 12.5. The number of carbonyl (C=O) groups excluding carboxylic acids is 1. The summed E-state index contributed by atoms with van der Waals surface area (Å²) >= 11 is 1.52. The topological polar surface area (TPSA) is 74.6 Å². The molecule has 0 bridgehead atoms. The molecule has 138 valence electrons. The number of hydrogen-bond donors (Lipinski definition) is 2. The number of aliphatic hydroxyl groups excluding tert-OH is 1. The summed E-state index contributed by atoms with van der Waals surface area (Å²) in [5.41, 5.74) is 2.48. The summed E-state index contributed by atoms with van der Waals surface area (Å²) in [5, 5.41) is 15.9. The minimum absolute atomic E-state index is 0.0582. The highest BCUT2D eigenvalue weighted by molar-refractivity contribution is 7.10. The standard InChI is InChI=1S/C20H25N3O2S/c1-6-13-9-14(16(24)17-12(4)7-8-26-17)15(21-10-13)18-22-19(25)20(5,23-18)11(2)3/h7-11,16,24H,6H2,1-5H3,(H,22,23,25). The van der Waals surface area contributed by atoms with Crippen LogP contribution in [0.4, 0.5) is 0 Å². The molecule has 2 unspecified atom stereocenters. The highest BCUT2D eigenvalue weighted by atomic mass is 32.1. The lowest BCUT2D eigenvalue weighted by Crippen LogP contribution is -2.41. The van der Waals surface area contributed by atoms with Gasteiger partial charge in [0.15, 0.2) is 5.84 Å². The van der Waals surface area contributed by atoms with Crippen molar-refractivity contribution in [3.63, 3.8) is 0 Å². The lowest BCUT2D eigenvalue weighted by atomic mass is 9.89. The number of nitrogens with zero attached hydrogens (tertiary/aromatic N) is 2. The number of aliphatic imine (C=N–C) groups is 1. The Morgan fingerprint density at radius 1 is 1.38 bits per heavy atom. The van der Waals surface area contributed by atoms with E-state index in [1.54, 1.807) is 6.20 Å². The number of aryl methyl sites for hydroxylation is 2. The molecule has 5 nitrogen and oxygen atoms in total. The van der Waals surface area contributed by atoms with Crippen molar-refractivity contribution in [2.24, 2.45) is 10.9 Å². The molecule has 2 atom stereocenters. The van der Waals surface area contributed by atoms with E-state index in [9.17, 15) is 9.90 Å². The van der Waals surface area contributed by atoms with Crippen LogP contribution in [0, 0.1) is 12.8 Å². The smallest absolute Gasteiger partial charge is 0.253 e. The van der Waals surface area contributed by atoms with Crippen LogP contribution in [0.1, 0.15) is 61.1 Å². The summed E-state index contributed by atoms with van der Waals surface area (Å²) < 4.78 is 0. The van der Waals surface area contributed by atoms with Gasteiger partial charge in [0.25, 0.3) is 5.91 Å². The van der Waals surface area contributed by atoms with Crippen molar-refractivity contribution in [1.29, 1.82) is 0 Å². The number of aromatic nitrogens is 1. The fourth-order valence-electron chi connectivity index (χ4n) is 2.98. The molecule has 0 aromatic carbocycles. The number of amides is 1. The number of thiophene rings is 1. The minimum Gasteiger partial charge on any atom is -0.383 e. The minimum atomic E-state index is -0.818. The third kappa shape index (κ3) is 3.08. The van der Waals surface area contributed by atoms with E-state index in [2.05, 4.69) is 15.3 Å². The summed E-state index contributed by atoms with van der Waals surface area (Å²) in [6, 6.07) is 3.95. The molecule has 2 aromatic heterocycles. The normalized spacial score (nSPS) is 21.0. The maximum atomic E-state index is 12.5. The summed E-state index contributed by atoms with van der Waals surface area (Å²) in [4.78, 5) is 22.6. The molecule has 1 amide bonds. The Balaban J connectivity index is 2.12. The quantitative estimate of drug-likeness (QED) is 0.846. The van der Waals surface area contributed by atoms with Crippen molar-refractivity contribution < 1.29 is 9.90 Å². The number of rotatable bonds is 5.